The Bertz CT molecular complexity index is 488. The van der Waals surface area contributed by atoms with Crippen LogP contribution in [0.4, 0.5) is 10.1 Å². The molecule has 1 aliphatic rings. The van der Waals surface area contributed by atoms with Gasteiger partial charge in [0.15, 0.2) is 0 Å². The molecule has 0 bridgehead atoms. The number of aromatic nitrogens is 1. The van der Waals surface area contributed by atoms with Crippen molar-refractivity contribution < 1.29 is 4.39 Å². The summed E-state index contributed by atoms with van der Waals surface area (Å²) in [6, 6.07) is 10.5. The summed E-state index contributed by atoms with van der Waals surface area (Å²) in [4.78, 5) is 4.30. The van der Waals surface area contributed by atoms with Crippen molar-refractivity contribution in [2.24, 2.45) is 0 Å². The zero-order valence-electron chi connectivity index (χ0n) is 8.43. The molecule has 0 unspecified atom stereocenters. The van der Waals surface area contributed by atoms with E-state index < -0.39 is 0 Å². The van der Waals surface area contributed by atoms with Crippen molar-refractivity contribution in [3.8, 4) is 0 Å². The number of halogens is 1. The van der Waals surface area contributed by atoms with Gasteiger partial charge in [0.2, 0.25) is 0 Å². The molecule has 2 nitrogen and oxygen atoms in total. The van der Waals surface area contributed by atoms with Crippen molar-refractivity contribution in [1.82, 2.24) is 4.98 Å². The van der Waals surface area contributed by atoms with Gasteiger partial charge in [0.25, 0.3) is 0 Å². The molecule has 2 heterocycles. The van der Waals surface area contributed by atoms with Crippen LogP contribution in [0.5, 0.6) is 0 Å². The number of hydrogen-bond donors (Lipinski definition) is 0. The van der Waals surface area contributed by atoms with E-state index in [4.69, 9.17) is 0 Å². The second-order valence-corrected chi connectivity index (χ2v) is 4.58. The van der Waals surface area contributed by atoms with Gasteiger partial charge in [-0.15, -0.1) is 0 Å². The second kappa shape index (κ2) is 3.79. The average molecular weight is 232 g/mol. The summed E-state index contributed by atoms with van der Waals surface area (Å²) in [5.41, 5.74) is 2.22. The largest absolute Gasteiger partial charge is 0.306 e. The maximum absolute atomic E-state index is 12.8. The maximum atomic E-state index is 12.8. The number of nitrogens with zero attached hydrogens (tertiary/aromatic N) is 2. The Morgan fingerprint density at radius 2 is 2.00 bits per heavy atom. The third-order valence-electron chi connectivity index (χ3n) is 2.48. The molecule has 0 aliphatic carbocycles. The lowest BCUT2D eigenvalue weighted by Gasteiger charge is -2.14. The third-order valence-corrected chi connectivity index (χ3v) is 3.58. The Morgan fingerprint density at radius 1 is 1.19 bits per heavy atom. The molecule has 3 rings (SSSR count). The summed E-state index contributed by atoms with van der Waals surface area (Å²) >= 11 is 1.59. The van der Waals surface area contributed by atoms with E-state index in [1.54, 1.807) is 30.3 Å². The van der Waals surface area contributed by atoms with Crippen LogP contribution in [-0.4, -0.2) is 4.98 Å². The number of fused-ring (bicyclic) bond motifs is 1. The maximum Gasteiger partial charge on any atom is 0.123 e. The molecule has 0 saturated heterocycles. The molecule has 4 heteroatoms. The van der Waals surface area contributed by atoms with E-state index in [9.17, 15) is 4.39 Å². The van der Waals surface area contributed by atoms with Crippen LogP contribution in [0.15, 0.2) is 47.6 Å². The van der Waals surface area contributed by atoms with Gasteiger partial charge >= 0.3 is 0 Å². The first kappa shape index (κ1) is 9.66. The number of hydrogen-bond acceptors (Lipinski definition) is 3. The van der Waals surface area contributed by atoms with Crippen LogP contribution in [-0.2, 0) is 6.54 Å². The Morgan fingerprint density at radius 3 is 2.75 bits per heavy atom. The van der Waals surface area contributed by atoms with E-state index in [0.717, 1.165) is 17.3 Å². The lowest BCUT2D eigenvalue weighted by Crippen LogP contribution is -2.06. The summed E-state index contributed by atoms with van der Waals surface area (Å²) < 4.78 is 14.9. The Labute approximate surface area is 97.3 Å². The average Bonchev–Trinajstić information content (AvgIpc) is 2.73. The van der Waals surface area contributed by atoms with E-state index in [2.05, 4.69) is 15.4 Å². The highest BCUT2D eigenvalue weighted by Crippen LogP contribution is 2.37. The second-order valence-electron chi connectivity index (χ2n) is 3.57. The first-order valence-corrected chi connectivity index (χ1v) is 5.75. The fourth-order valence-corrected chi connectivity index (χ4v) is 2.67. The van der Waals surface area contributed by atoms with Gasteiger partial charge in [-0.05, 0) is 30.3 Å². The molecule has 0 amide bonds. The Hall–Kier alpha value is -1.55. The number of rotatable bonds is 1. The SMILES string of the molecule is Fc1ccc(N2Cc3cccnc3S2)cc1. The Balaban J connectivity index is 1.88. The molecule has 1 aromatic carbocycles. The van der Waals surface area contributed by atoms with Gasteiger partial charge in [0.05, 0.1) is 6.54 Å². The van der Waals surface area contributed by atoms with Crippen molar-refractivity contribution in [1.29, 1.82) is 0 Å². The van der Waals surface area contributed by atoms with Gasteiger partial charge in [-0.1, -0.05) is 6.07 Å². The molecule has 0 atom stereocenters. The summed E-state index contributed by atoms with van der Waals surface area (Å²) in [6.45, 7) is 0.819. The van der Waals surface area contributed by atoms with E-state index in [-0.39, 0.29) is 5.82 Å². The first-order valence-electron chi connectivity index (χ1n) is 4.98. The summed E-state index contributed by atoms with van der Waals surface area (Å²) in [5.74, 6) is -0.205. The molecular formula is C12H9FN2S. The zero-order chi connectivity index (χ0) is 11.0. The van der Waals surface area contributed by atoms with Gasteiger partial charge in [-0.2, -0.15) is 0 Å². The van der Waals surface area contributed by atoms with Crippen LogP contribution in [0.25, 0.3) is 0 Å². The summed E-state index contributed by atoms with van der Waals surface area (Å²) in [7, 11) is 0. The number of anilines is 1. The third kappa shape index (κ3) is 1.65. The smallest absolute Gasteiger partial charge is 0.123 e. The first-order chi connectivity index (χ1) is 7.83. The highest BCUT2D eigenvalue weighted by atomic mass is 32.2. The topological polar surface area (TPSA) is 16.1 Å². The fourth-order valence-electron chi connectivity index (χ4n) is 1.67. The minimum atomic E-state index is -0.205. The van der Waals surface area contributed by atoms with Crippen LogP contribution < -0.4 is 4.31 Å². The molecule has 80 valence electrons. The van der Waals surface area contributed by atoms with Crippen molar-refractivity contribution in [3.05, 3.63) is 54.0 Å². The zero-order valence-corrected chi connectivity index (χ0v) is 9.25. The Kier molecular flexibility index (Phi) is 2.29. The molecular weight excluding hydrogens is 223 g/mol. The lowest BCUT2D eigenvalue weighted by molar-refractivity contribution is 0.628. The van der Waals surface area contributed by atoms with Crippen LogP contribution in [0, 0.1) is 5.82 Å². The van der Waals surface area contributed by atoms with E-state index in [0.29, 0.717) is 0 Å². The molecule has 0 saturated carbocycles. The van der Waals surface area contributed by atoms with Crippen molar-refractivity contribution in [3.63, 3.8) is 0 Å². The summed E-state index contributed by atoms with van der Waals surface area (Å²) in [5, 5.41) is 1.03. The quantitative estimate of drug-likeness (QED) is 0.702. The minimum Gasteiger partial charge on any atom is -0.306 e. The van der Waals surface area contributed by atoms with Gasteiger partial charge in [-0.25, -0.2) is 9.37 Å². The van der Waals surface area contributed by atoms with Crippen LogP contribution in [0.3, 0.4) is 0 Å². The molecule has 0 fully saturated rings. The predicted octanol–water partition coefficient (Wildman–Crippen LogP) is 3.25. The standard InChI is InChI=1S/C12H9FN2S/c13-10-3-5-11(6-4-10)15-8-9-2-1-7-14-12(9)16-15/h1-7H,8H2. The summed E-state index contributed by atoms with van der Waals surface area (Å²) in [6.07, 6.45) is 1.79. The van der Waals surface area contributed by atoms with Crippen LogP contribution in [0.2, 0.25) is 0 Å². The van der Waals surface area contributed by atoms with Crippen LogP contribution in [0.1, 0.15) is 5.56 Å². The van der Waals surface area contributed by atoms with Crippen molar-refractivity contribution >= 4 is 17.6 Å². The van der Waals surface area contributed by atoms with Crippen molar-refractivity contribution in [2.75, 3.05) is 4.31 Å². The number of benzene rings is 1. The molecule has 0 N–H and O–H groups in total. The molecule has 1 aromatic heterocycles. The van der Waals surface area contributed by atoms with E-state index >= 15 is 0 Å². The van der Waals surface area contributed by atoms with E-state index in [1.807, 2.05) is 6.07 Å². The minimum absolute atomic E-state index is 0.205. The molecule has 16 heavy (non-hydrogen) atoms. The van der Waals surface area contributed by atoms with Crippen molar-refractivity contribution in [2.45, 2.75) is 11.6 Å². The fraction of sp³-hybridized carbons (Fsp3) is 0.0833. The monoisotopic (exact) mass is 232 g/mol. The van der Waals surface area contributed by atoms with Gasteiger partial charge in [0.1, 0.15) is 10.8 Å². The molecule has 2 aromatic rings. The van der Waals surface area contributed by atoms with Gasteiger partial charge in [-0.3, -0.25) is 0 Å². The molecule has 0 spiro atoms. The van der Waals surface area contributed by atoms with Gasteiger partial charge < -0.3 is 4.31 Å². The number of pyridine rings is 1. The normalized spacial score (nSPS) is 13.9. The molecule has 0 radical (unpaired) electrons. The lowest BCUT2D eigenvalue weighted by atomic mass is 10.2. The van der Waals surface area contributed by atoms with E-state index in [1.165, 1.54) is 17.7 Å². The van der Waals surface area contributed by atoms with Crippen LogP contribution >= 0.6 is 11.9 Å². The predicted molar refractivity (Wildman–Crippen MR) is 62.7 cm³/mol. The van der Waals surface area contributed by atoms with Gasteiger partial charge in [0, 0.05) is 29.4 Å². The highest BCUT2D eigenvalue weighted by molar-refractivity contribution is 8.00. The molecule has 1 aliphatic heterocycles. The highest BCUT2D eigenvalue weighted by Gasteiger charge is 2.21.